The summed E-state index contributed by atoms with van der Waals surface area (Å²) in [7, 11) is 1.29. The number of rotatable bonds is 4. The van der Waals surface area contributed by atoms with Crippen LogP contribution in [0.5, 0.6) is 5.75 Å². The summed E-state index contributed by atoms with van der Waals surface area (Å²) in [5, 5.41) is 5.20. The van der Waals surface area contributed by atoms with Crippen LogP contribution in [0.4, 0.5) is 23.7 Å². The predicted molar refractivity (Wildman–Crippen MR) is 107 cm³/mol. The lowest BCUT2D eigenvalue weighted by Gasteiger charge is -2.24. The number of anilines is 1. The largest absolute Gasteiger partial charge is 0.497 e. The molecule has 0 saturated carbocycles. The fourth-order valence-electron chi connectivity index (χ4n) is 3.86. The normalized spacial score (nSPS) is 20.2. The summed E-state index contributed by atoms with van der Waals surface area (Å²) in [6.45, 7) is 0.196. The number of carbonyl (C=O) groups is 2. The fraction of sp³-hybridized carbons (Fsp3) is 0.286. The zero-order chi connectivity index (χ0) is 22.1. The highest BCUT2D eigenvalue weighted by Crippen LogP contribution is 2.36. The van der Waals surface area contributed by atoms with Crippen molar-refractivity contribution in [2.24, 2.45) is 4.99 Å². The maximum Gasteiger partial charge on any atom is 0.319 e. The number of ether oxygens (including phenoxy) is 1. The lowest BCUT2D eigenvalue weighted by molar-refractivity contribution is -0.127. The molecular weight excluding hydrogens is 413 g/mol. The second kappa shape index (κ2) is 8.29. The number of nitrogens with zero attached hydrogens (tertiary/aromatic N) is 2. The van der Waals surface area contributed by atoms with Crippen LogP contribution in [-0.4, -0.2) is 48.9 Å². The molecule has 7 nitrogen and oxygen atoms in total. The number of fused-ring (bicyclic) bond motifs is 1. The van der Waals surface area contributed by atoms with E-state index in [1.165, 1.54) is 36.3 Å². The van der Waals surface area contributed by atoms with Crippen LogP contribution in [0, 0.1) is 17.5 Å². The van der Waals surface area contributed by atoms with Gasteiger partial charge in [0, 0.05) is 48.8 Å². The molecule has 31 heavy (non-hydrogen) atoms. The molecule has 162 valence electrons. The Morgan fingerprint density at radius 1 is 1.16 bits per heavy atom. The number of carbonyl (C=O) groups excluding carboxylic acids is 2. The second-order valence-corrected chi connectivity index (χ2v) is 7.19. The van der Waals surface area contributed by atoms with E-state index >= 15 is 0 Å². The average molecular weight is 432 g/mol. The van der Waals surface area contributed by atoms with Crippen LogP contribution in [0.15, 0.2) is 41.4 Å². The van der Waals surface area contributed by atoms with Crippen LogP contribution in [0.3, 0.4) is 0 Å². The first-order chi connectivity index (χ1) is 14.9. The van der Waals surface area contributed by atoms with Crippen molar-refractivity contribution in [2.75, 3.05) is 25.5 Å². The van der Waals surface area contributed by atoms with Gasteiger partial charge in [0.25, 0.3) is 0 Å². The van der Waals surface area contributed by atoms with Gasteiger partial charge in [-0.15, -0.1) is 0 Å². The van der Waals surface area contributed by atoms with Crippen LogP contribution in [0.25, 0.3) is 0 Å². The van der Waals surface area contributed by atoms with Gasteiger partial charge in [0.15, 0.2) is 0 Å². The summed E-state index contributed by atoms with van der Waals surface area (Å²) in [5.41, 5.74) is 0.0616. The monoisotopic (exact) mass is 432 g/mol. The molecule has 0 radical (unpaired) electrons. The summed E-state index contributed by atoms with van der Waals surface area (Å²) in [4.78, 5) is 30.6. The highest BCUT2D eigenvalue weighted by Gasteiger charge is 2.46. The highest BCUT2D eigenvalue weighted by molar-refractivity contribution is 6.07. The van der Waals surface area contributed by atoms with Crippen molar-refractivity contribution in [3.05, 3.63) is 59.4 Å². The van der Waals surface area contributed by atoms with E-state index in [4.69, 9.17) is 4.74 Å². The molecule has 4 rings (SSSR count). The van der Waals surface area contributed by atoms with E-state index in [9.17, 15) is 22.8 Å². The molecule has 2 N–H and O–H groups in total. The van der Waals surface area contributed by atoms with Gasteiger partial charge in [-0.2, -0.15) is 0 Å². The smallest absolute Gasteiger partial charge is 0.319 e. The lowest BCUT2D eigenvalue weighted by atomic mass is 9.92. The van der Waals surface area contributed by atoms with Gasteiger partial charge in [0.1, 0.15) is 29.0 Å². The molecule has 3 amide bonds. The molecule has 0 aromatic heterocycles. The Hall–Kier alpha value is -3.56. The van der Waals surface area contributed by atoms with Gasteiger partial charge in [-0.05, 0) is 24.3 Å². The first-order valence-electron chi connectivity index (χ1n) is 9.58. The number of hydrogen-bond donors (Lipinski definition) is 2. The first-order valence-corrected chi connectivity index (χ1v) is 9.58. The van der Waals surface area contributed by atoms with Gasteiger partial charge in [-0.3, -0.25) is 14.7 Å². The van der Waals surface area contributed by atoms with Crippen LogP contribution in [0.1, 0.15) is 17.9 Å². The van der Waals surface area contributed by atoms with E-state index in [0.717, 1.165) is 12.1 Å². The average Bonchev–Trinajstić information content (AvgIpc) is 3.08. The molecule has 2 heterocycles. The van der Waals surface area contributed by atoms with E-state index < -0.39 is 35.4 Å². The number of urea groups is 1. The van der Waals surface area contributed by atoms with Crippen molar-refractivity contribution in [3.63, 3.8) is 0 Å². The molecule has 1 fully saturated rings. The number of nitrogens with one attached hydrogen (secondary N) is 2. The van der Waals surface area contributed by atoms with Gasteiger partial charge < -0.3 is 15.4 Å². The van der Waals surface area contributed by atoms with Gasteiger partial charge in [-0.25, -0.2) is 18.0 Å². The Labute approximate surface area is 175 Å². The molecule has 2 aromatic carbocycles. The Balaban J connectivity index is 1.65. The number of halogens is 3. The molecule has 0 spiro atoms. The van der Waals surface area contributed by atoms with Crippen molar-refractivity contribution in [1.29, 1.82) is 0 Å². The zero-order valence-electron chi connectivity index (χ0n) is 16.5. The van der Waals surface area contributed by atoms with Gasteiger partial charge in [0.2, 0.25) is 5.91 Å². The molecule has 0 aliphatic carbocycles. The summed E-state index contributed by atoms with van der Waals surface area (Å²) >= 11 is 0. The quantitative estimate of drug-likeness (QED) is 0.779. The topological polar surface area (TPSA) is 83.0 Å². The zero-order valence-corrected chi connectivity index (χ0v) is 16.5. The maximum absolute atomic E-state index is 14.8. The predicted octanol–water partition coefficient (Wildman–Crippen LogP) is 3.03. The van der Waals surface area contributed by atoms with E-state index in [0.29, 0.717) is 5.69 Å². The molecule has 1 saturated heterocycles. The third-order valence-corrected chi connectivity index (χ3v) is 5.28. The number of methoxy groups -OCH3 is 1. The standard InChI is InChI=1S/C21H19F3N4O3/c1-31-13-8-15(23)18(16(24)9-13)14-10-28-17(29)6-7-25-20(28)19(14)27-21(30)26-12-4-2-11(22)3-5-12/h2-5,8-9,14,19H,6-7,10H2,1H3,(H2,26,27,30)/t14-,19-/m0/s1. The van der Waals surface area contributed by atoms with Crippen molar-refractivity contribution < 1.29 is 27.5 Å². The number of aliphatic imine (C=N–C) groups is 1. The Morgan fingerprint density at radius 2 is 1.84 bits per heavy atom. The molecule has 0 bridgehead atoms. The second-order valence-electron chi connectivity index (χ2n) is 7.19. The van der Waals surface area contributed by atoms with Crippen LogP contribution in [0.2, 0.25) is 0 Å². The number of benzene rings is 2. The molecule has 2 atom stereocenters. The Bertz CT molecular complexity index is 1040. The molecular formula is C21H19F3N4O3. The Kier molecular flexibility index (Phi) is 5.53. The van der Waals surface area contributed by atoms with Crippen molar-refractivity contribution in [3.8, 4) is 5.75 Å². The van der Waals surface area contributed by atoms with Gasteiger partial charge in [0.05, 0.1) is 13.2 Å². The first kappa shape index (κ1) is 20.7. The van der Waals surface area contributed by atoms with Gasteiger partial charge in [-0.1, -0.05) is 0 Å². The maximum atomic E-state index is 14.8. The third kappa shape index (κ3) is 4.05. The third-order valence-electron chi connectivity index (χ3n) is 5.28. The van der Waals surface area contributed by atoms with Gasteiger partial charge >= 0.3 is 6.03 Å². The minimum atomic E-state index is -0.943. The van der Waals surface area contributed by atoms with E-state index in [-0.39, 0.29) is 42.6 Å². The van der Waals surface area contributed by atoms with Crippen molar-refractivity contribution in [1.82, 2.24) is 10.2 Å². The van der Waals surface area contributed by atoms with Crippen molar-refractivity contribution in [2.45, 2.75) is 18.4 Å². The molecule has 2 aromatic rings. The summed E-state index contributed by atoms with van der Waals surface area (Å²) in [6.07, 6.45) is 0.179. The molecule has 2 aliphatic heterocycles. The van der Waals surface area contributed by atoms with Crippen LogP contribution in [-0.2, 0) is 4.79 Å². The van der Waals surface area contributed by atoms with Crippen molar-refractivity contribution >= 4 is 23.5 Å². The summed E-state index contributed by atoms with van der Waals surface area (Å²) < 4.78 is 47.6. The highest BCUT2D eigenvalue weighted by atomic mass is 19.1. The fourth-order valence-corrected chi connectivity index (χ4v) is 3.86. The summed E-state index contributed by atoms with van der Waals surface area (Å²) in [5.74, 6) is -3.01. The summed E-state index contributed by atoms with van der Waals surface area (Å²) in [6, 6.07) is 5.59. The minimum absolute atomic E-state index is 0.0152. The van der Waals surface area contributed by atoms with Crippen LogP contribution < -0.4 is 15.4 Å². The SMILES string of the molecule is COc1cc(F)c([C@@H]2CN3C(=O)CCN=C3[C@H]2NC(=O)Nc2ccc(F)cc2)c(F)c1. The van der Waals surface area contributed by atoms with Crippen LogP contribution >= 0.6 is 0 Å². The lowest BCUT2D eigenvalue weighted by Crippen LogP contribution is -2.47. The Morgan fingerprint density at radius 3 is 2.48 bits per heavy atom. The minimum Gasteiger partial charge on any atom is -0.497 e. The molecule has 0 unspecified atom stereocenters. The van der Waals surface area contributed by atoms with E-state index in [1.54, 1.807) is 0 Å². The number of hydrogen-bond acceptors (Lipinski definition) is 4. The molecule has 10 heteroatoms. The van der Waals surface area contributed by atoms with E-state index in [2.05, 4.69) is 15.6 Å². The number of amidine groups is 1. The van der Waals surface area contributed by atoms with E-state index in [1.807, 2.05) is 0 Å². The molecule has 2 aliphatic rings. The number of amides is 3.